The molecule has 1 aromatic carbocycles. The third kappa shape index (κ3) is 5.52. The van der Waals surface area contributed by atoms with Crippen molar-refractivity contribution in [3.8, 4) is 0 Å². The number of ether oxygens (including phenoxy) is 2. The van der Waals surface area contributed by atoms with Gasteiger partial charge in [-0.15, -0.1) is 0 Å². The summed E-state index contributed by atoms with van der Waals surface area (Å²) in [4.78, 5) is 29.0. The van der Waals surface area contributed by atoms with Gasteiger partial charge >= 0.3 is 0 Å². The van der Waals surface area contributed by atoms with Gasteiger partial charge in [0.05, 0.1) is 31.8 Å². The van der Waals surface area contributed by atoms with Gasteiger partial charge in [-0.05, 0) is 30.0 Å². The first-order valence-electron chi connectivity index (χ1n) is 9.92. The van der Waals surface area contributed by atoms with E-state index in [4.69, 9.17) is 9.47 Å². The van der Waals surface area contributed by atoms with E-state index >= 15 is 0 Å². The van der Waals surface area contributed by atoms with E-state index in [-0.39, 0.29) is 42.8 Å². The van der Waals surface area contributed by atoms with Crippen LogP contribution in [0, 0.1) is 17.7 Å². The molecule has 0 bridgehead atoms. The topological polar surface area (TPSA) is 59.1 Å². The summed E-state index contributed by atoms with van der Waals surface area (Å²) in [6.07, 6.45) is 0.369. The van der Waals surface area contributed by atoms with E-state index in [0.717, 1.165) is 5.56 Å². The number of amides is 2. The predicted molar refractivity (Wildman–Crippen MR) is 102 cm³/mol. The van der Waals surface area contributed by atoms with Gasteiger partial charge in [0, 0.05) is 26.2 Å². The maximum atomic E-state index is 13.4. The number of hydrogen-bond donors (Lipinski definition) is 0. The minimum absolute atomic E-state index is 0.0448. The Hall–Kier alpha value is -1.99. The lowest BCUT2D eigenvalue weighted by Gasteiger charge is -2.26. The number of benzene rings is 1. The molecule has 0 aromatic heterocycles. The molecule has 6 nitrogen and oxygen atoms in total. The average molecular weight is 392 g/mol. The van der Waals surface area contributed by atoms with Crippen LogP contribution in [-0.2, 0) is 25.7 Å². The Morgan fingerprint density at radius 1 is 1.36 bits per heavy atom. The second-order valence-corrected chi connectivity index (χ2v) is 8.03. The maximum Gasteiger partial charge on any atom is 0.242 e. The number of halogens is 1. The Morgan fingerprint density at radius 2 is 2.18 bits per heavy atom. The molecule has 2 aliphatic heterocycles. The highest BCUT2D eigenvalue weighted by Crippen LogP contribution is 2.19. The third-order valence-corrected chi connectivity index (χ3v) is 5.08. The fraction of sp³-hybridized carbons (Fsp3) is 0.619. The second-order valence-electron chi connectivity index (χ2n) is 8.03. The molecule has 2 heterocycles. The van der Waals surface area contributed by atoms with Gasteiger partial charge in [-0.25, -0.2) is 4.39 Å². The normalized spacial score (nSPS) is 23.4. The molecule has 7 heteroatoms. The van der Waals surface area contributed by atoms with E-state index in [2.05, 4.69) is 13.8 Å². The van der Waals surface area contributed by atoms with Crippen molar-refractivity contribution in [1.29, 1.82) is 0 Å². The predicted octanol–water partition coefficient (Wildman–Crippen LogP) is 2.07. The quantitative estimate of drug-likeness (QED) is 0.744. The van der Waals surface area contributed by atoms with Crippen molar-refractivity contribution in [2.24, 2.45) is 11.8 Å². The molecule has 2 saturated heterocycles. The van der Waals surface area contributed by atoms with Gasteiger partial charge in [0.15, 0.2) is 0 Å². The number of carbonyl (C=O) groups excluding carboxylic acids is 2. The van der Waals surface area contributed by atoms with Gasteiger partial charge in [-0.2, -0.15) is 0 Å². The lowest BCUT2D eigenvalue weighted by atomic mass is 10.1. The monoisotopic (exact) mass is 392 g/mol. The fourth-order valence-corrected chi connectivity index (χ4v) is 3.70. The Morgan fingerprint density at radius 3 is 2.86 bits per heavy atom. The fourth-order valence-electron chi connectivity index (χ4n) is 3.70. The van der Waals surface area contributed by atoms with Crippen LogP contribution < -0.4 is 0 Å². The van der Waals surface area contributed by atoms with Gasteiger partial charge in [0.25, 0.3) is 0 Å². The largest absolute Gasteiger partial charge is 0.381 e. The van der Waals surface area contributed by atoms with Crippen molar-refractivity contribution in [1.82, 2.24) is 9.80 Å². The van der Waals surface area contributed by atoms with Crippen LogP contribution in [0.3, 0.4) is 0 Å². The van der Waals surface area contributed by atoms with Gasteiger partial charge < -0.3 is 19.3 Å². The number of nitrogens with zero attached hydrogens (tertiary/aromatic N) is 2. The highest BCUT2D eigenvalue weighted by molar-refractivity contribution is 5.86. The van der Waals surface area contributed by atoms with Gasteiger partial charge in [0.1, 0.15) is 5.82 Å². The van der Waals surface area contributed by atoms with E-state index in [1.807, 2.05) is 0 Å². The maximum absolute atomic E-state index is 13.4. The van der Waals surface area contributed by atoms with Gasteiger partial charge in [0.2, 0.25) is 11.8 Å². The van der Waals surface area contributed by atoms with E-state index in [1.54, 1.807) is 21.9 Å². The molecule has 2 amide bonds. The van der Waals surface area contributed by atoms with Crippen molar-refractivity contribution in [2.45, 2.75) is 33.0 Å². The lowest BCUT2D eigenvalue weighted by Crippen LogP contribution is -2.43. The van der Waals surface area contributed by atoms with Crippen LogP contribution in [0.2, 0.25) is 0 Å². The molecule has 0 saturated carbocycles. The molecule has 3 rings (SSSR count). The summed E-state index contributed by atoms with van der Waals surface area (Å²) in [6, 6.07) is 6.27. The molecule has 2 atom stereocenters. The Bertz CT molecular complexity index is 691. The molecule has 1 aromatic rings. The highest BCUT2D eigenvalue weighted by atomic mass is 19.1. The van der Waals surface area contributed by atoms with Crippen molar-refractivity contribution in [3.63, 3.8) is 0 Å². The molecule has 0 spiro atoms. The molecular formula is C21H29FN2O4. The van der Waals surface area contributed by atoms with Crippen LogP contribution >= 0.6 is 0 Å². The van der Waals surface area contributed by atoms with E-state index in [1.165, 1.54) is 12.1 Å². The minimum atomic E-state index is -0.320. The highest BCUT2D eigenvalue weighted by Gasteiger charge is 2.35. The molecule has 2 aliphatic rings. The molecule has 2 fully saturated rings. The summed E-state index contributed by atoms with van der Waals surface area (Å²) in [7, 11) is 0. The number of hydrogen-bond acceptors (Lipinski definition) is 4. The van der Waals surface area contributed by atoms with Crippen LogP contribution in [0.25, 0.3) is 0 Å². The minimum Gasteiger partial charge on any atom is -0.381 e. The van der Waals surface area contributed by atoms with Crippen molar-refractivity contribution in [3.05, 3.63) is 35.6 Å². The molecule has 0 radical (unpaired) electrons. The smallest absolute Gasteiger partial charge is 0.242 e. The first kappa shape index (κ1) is 20.7. The molecule has 0 unspecified atom stereocenters. The van der Waals surface area contributed by atoms with Crippen molar-refractivity contribution in [2.75, 3.05) is 39.4 Å². The van der Waals surface area contributed by atoms with Gasteiger partial charge in [-0.3, -0.25) is 9.59 Å². The SMILES string of the molecule is CC(C)CN1C[C@H](OCc2cccc(F)c2)CN(C(=O)[C@@H]2CCOC2)CC1=O. The zero-order chi connectivity index (χ0) is 20.1. The molecule has 28 heavy (non-hydrogen) atoms. The Kier molecular flexibility index (Phi) is 7.02. The summed E-state index contributed by atoms with van der Waals surface area (Å²) in [6.45, 7) is 6.81. The average Bonchev–Trinajstić information content (AvgIpc) is 3.13. The van der Waals surface area contributed by atoms with Crippen LogP contribution in [0.4, 0.5) is 4.39 Å². The van der Waals surface area contributed by atoms with Crippen molar-refractivity contribution < 1.29 is 23.5 Å². The number of carbonyl (C=O) groups is 2. The van der Waals surface area contributed by atoms with Crippen LogP contribution in [0.5, 0.6) is 0 Å². The van der Waals surface area contributed by atoms with E-state index < -0.39 is 0 Å². The van der Waals surface area contributed by atoms with Crippen molar-refractivity contribution >= 4 is 11.8 Å². The first-order valence-corrected chi connectivity index (χ1v) is 9.92. The summed E-state index contributed by atoms with van der Waals surface area (Å²) in [5.41, 5.74) is 0.730. The van der Waals surface area contributed by atoms with E-state index in [9.17, 15) is 14.0 Å². The van der Waals surface area contributed by atoms with Crippen LogP contribution in [0.1, 0.15) is 25.8 Å². The second kappa shape index (κ2) is 9.47. The lowest BCUT2D eigenvalue weighted by molar-refractivity contribution is -0.141. The summed E-state index contributed by atoms with van der Waals surface area (Å²) >= 11 is 0. The summed E-state index contributed by atoms with van der Waals surface area (Å²) in [5.74, 6) is -0.280. The molecule has 0 aliphatic carbocycles. The zero-order valence-corrected chi connectivity index (χ0v) is 16.6. The van der Waals surface area contributed by atoms with Crippen LogP contribution in [-0.4, -0.2) is 67.1 Å². The molecular weight excluding hydrogens is 363 g/mol. The Labute approximate surface area is 165 Å². The number of rotatable bonds is 6. The van der Waals surface area contributed by atoms with Gasteiger partial charge in [-0.1, -0.05) is 26.0 Å². The summed E-state index contributed by atoms with van der Waals surface area (Å²) in [5, 5.41) is 0. The zero-order valence-electron chi connectivity index (χ0n) is 16.6. The first-order chi connectivity index (χ1) is 13.4. The Balaban J connectivity index is 1.71. The van der Waals surface area contributed by atoms with E-state index in [0.29, 0.717) is 45.2 Å². The molecule has 154 valence electrons. The van der Waals surface area contributed by atoms with Crippen LogP contribution in [0.15, 0.2) is 24.3 Å². The summed E-state index contributed by atoms with van der Waals surface area (Å²) < 4.78 is 24.8. The molecule has 0 N–H and O–H groups in total. The standard InChI is InChI=1S/C21H29FN2O4/c1-15(2)9-23-10-19(28-13-16-4-3-5-18(22)8-16)11-24(12-20(23)25)21(26)17-6-7-27-14-17/h3-5,8,15,17,19H,6-7,9-14H2,1-2H3/t17-,19+/m1/s1. The third-order valence-electron chi connectivity index (χ3n) is 5.08.